The normalized spacial score (nSPS) is 24.0. The molecule has 2 heterocycles. The molecule has 0 spiro atoms. The summed E-state index contributed by atoms with van der Waals surface area (Å²) in [6, 6.07) is 3.68. The van der Waals surface area contributed by atoms with Crippen molar-refractivity contribution in [1.29, 1.82) is 0 Å². The number of methoxy groups -OCH3 is 1. The van der Waals surface area contributed by atoms with E-state index in [1.54, 1.807) is 6.07 Å². The Balaban J connectivity index is 2.02. The molecule has 0 unspecified atom stereocenters. The lowest BCUT2D eigenvalue weighted by molar-refractivity contribution is -0.114. The second-order valence-corrected chi connectivity index (χ2v) is 11.4. The molecular weight excluding hydrogens is 420 g/mol. The van der Waals surface area contributed by atoms with Gasteiger partial charge in [0.15, 0.2) is 9.84 Å². The molecule has 162 valence electrons. The first-order valence-electron chi connectivity index (χ1n) is 9.42. The molecule has 2 fully saturated rings. The van der Waals surface area contributed by atoms with Gasteiger partial charge in [0.05, 0.1) is 24.7 Å². The summed E-state index contributed by atoms with van der Waals surface area (Å²) in [5, 5.41) is 2.57. The van der Waals surface area contributed by atoms with Crippen molar-refractivity contribution in [2.45, 2.75) is 43.2 Å². The number of carbonyl (C=O) groups is 1. The maximum absolute atomic E-state index is 13.6. The Bertz CT molecular complexity index is 970. The molecule has 1 amide bonds. The predicted octanol–water partition coefficient (Wildman–Crippen LogP) is 1.01. The van der Waals surface area contributed by atoms with E-state index in [0.717, 1.165) is 6.42 Å². The number of rotatable bonds is 7. The molecule has 3 rings (SSSR count). The van der Waals surface area contributed by atoms with Crippen molar-refractivity contribution in [3.8, 4) is 5.75 Å². The van der Waals surface area contributed by atoms with Crippen LogP contribution in [0.2, 0.25) is 0 Å². The van der Waals surface area contributed by atoms with Gasteiger partial charge in [-0.1, -0.05) is 0 Å². The van der Waals surface area contributed by atoms with Crippen LogP contribution in [0.15, 0.2) is 23.1 Å². The quantitative estimate of drug-likeness (QED) is 0.664. The molecule has 11 heteroatoms. The van der Waals surface area contributed by atoms with E-state index in [9.17, 15) is 21.6 Å². The maximum atomic E-state index is 13.6. The van der Waals surface area contributed by atoms with Crippen molar-refractivity contribution in [3.05, 3.63) is 18.2 Å². The number of ether oxygens (including phenoxy) is 2. The molecule has 0 aromatic heterocycles. The Labute approximate surface area is 171 Å². The van der Waals surface area contributed by atoms with E-state index in [4.69, 9.17) is 9.47 Å². The minimum Gasteiger partial charge on any atom is -0.495 e. The van der Waals surface area contributed by atoms with Gasteiger partial charge in [0.25, 0.3) is 0 Å². The summed E-state index contributed by atoms with van der Waals surface area (Å²) in [5.41, 5.74) is 0.313. The third kappa shape index (κ3) is 5.08. The number of sulfone groups is 1. The highest BCUT2D eigenvalue weighted by Gasteiger charge is 2.41. The molecule has 1 aromatic rings. The summed E-state index contributed by atoms with van der Waals surface area (Å²) in [4.78, 5) is 11.3. The third-order valence-corrected chi connectivity index (χ3v) is 8.78. The van der Waals surface area contributed by atoms with E-state index in [1.807, 2.05) is 0 Å². The molecule has 2 aliphatic heterocycles. The lowest BCUT2D eigenvalue weighted by Crippen LogP contribution is -2.45. The van der Waals surface area contributed by atoms with Crippen LogP contribution in [0.3, 0.4) is 0 Å². The standard InChI is InChI=1S/C18H26N2O7S2/c1-13(21)19-14-5-6-17(26-2)18(10-14)29(24,25)20(11-16-4-3-8-27-16)15-7-9-28(22,23)12-15/h5-6,10,15-16H,3-4,7-9,11-12H2,1-2H3,(H,19,21)/t15-,16+/m1/s1. The fourth-order valence-electron chi connectivity index (χ4n) is 3.72. The average Bonchev–Trinajstić information content (AvgIpc) is 3.28. The number of carbonyl (C=O) groups excluding carboxylic acids is 1. The van der Waals surface area contributed by atoms with Crippen LogP contribution < -0.4 is 10.1 Å². The number of hydrogen-bond acceptors (Lipinski definition) is 7. The van der Waals surface area contributed by atoms with Gasteiger partial charge >= 0.3 is 0 Å². The SMILES string of the molecule is COc1ccc(NC(C)=O)cc1S(=O)(=O)N(C[C@@H]1CCCO1)[C@@H]1CCS(=O)(=O)C1. The molecule has 1 N–H and O–H groups in total. The average molecular weight is 447 g/mol. The highest BCUT2D eigenvalue weighted by molar-refractivity contribution is 7.92. The van der Waals surface area contributed by atoms with Gasteiger partial charge in [-0.2, -0.15) is 4.31 Å². The van der Waals surface area contributed by atoms with Gasteiger partial charge in [-0.3, -0.25) is 4.79 Å². The van der Waals surface area contributed by atoms with E-state index >= 15 is 0 Å². The van der Waals surface area contributed by atoms with E-state index in [-0.39, 0.29) is 47.1 Å². The van der Waals surface area contributed by atoms with Crippen LogP contribution in [0.25, 0.3) is 0 Å². The van der Waals surface area contributed by atoms with Gasteiger partial charge in [0, 0.05) is 31.8 Å². The van der Waals surface area contributed by atoms with Gasteiger partial charge in [0.2, 0.25) is 15.9 Å². The predicted molar refractivity (Wildman–Crippen MR) is 107 cm³/mol. The van der Waals surface area contributed by atoms with Gasteiger partial charge < -0.3 is 14.8 Å². The summed E-state index contributed by atoms with van der Waals surface area (Å²) in [5.74, 6) is -0.473. The molecule has 9 nitrogen and oxygen atoms in total. The fraction of sp³-hybridized carbons (Fsp3) is 0.611. The van der Waals surface area contributed by atoms with Crippen molar-refractivity contribution in [3.63, 3.8) is 0 Å². The van der Waals surface area contributed by atoms with Crippen LogP contribution >= 0.6 is 0 Å². The van der Waals surface area contributed by atoms with E-state index in [2.05, 4.69) is 5.32 Å². The molecule has 1 aromatic carbocycles. The molecule has 29 heavy (non-hydrogen) atoms. The number of anilines is 1. The summed E-state index contributed by atoms with van der Waals surface area (Å²) in [6.07, 6.45) is 1.51. The van der Waals surface area contributed by atoms with Crippen LogP contribution in [-0.2, 0) is 29.4 Å². The Morgan fingerprint density at radius 3 is 2.66 bits per heavy atom. The second kappa shape index (κ2) is 8.58. The first kappa shape index (κ1) is 22.0. The van der Waals surface area contributed by atoms with Gasteiger partial charge in [-0.05, 0) is 37.5 Å². The van der Waals surface area contributed by atoms with E-state index in [0.29, 0.717) is 18.7 Å². The zero-order valence-electron chi connectivity index (χ0n) is 16.5. The smallest absolute Gasteiger partial charge is 0.247 e. The van der Waals surface area contributed by atoms with Crippen molar-refractivity contribution in [2.24, 2.45) is 0 Å². The molecule has 0 aliphatic carbocycles. The number of nitrogens with zero attached hydrogens (tertiary/aromatic N) is 1. The zero-order chi connectivity index (χ0) is 21.2. The van der Waals surface area contributed by atoms with Crippen LogP contribution in [0, 0.1) is 0 Å². The summed E-state index contributed by atoms with van der Waals surface area (Å²) >= 11 is 0. The molecule has 2 aliphatic rings. The first-order valence-corrected chi connectivity index (χ1v) is 12.7. The summed E-state index contributed by atoms with van der Waals surface area (Å²) in [7, 11) is -6.04. The molecular formula is C18H26N2O7S2. The largest absolute Gasteiger partial charge is 0.495 e. The Morgan fingerprint density at radius 2 is 2.10 bits per heavy atom. The highest BCUT2D eigenvalue weighted by Crippen LogP contribution is 2.33. The number of amides is 1. The fourth-order valence-corrected chi connectivity index (χ4v) is 7.41. The van der Waals surface area contributed by atoms with E-state index in [1.165, 1.54) is 30.5 Å². The molecule has 0 saturated carbocycles. The van der Waals surface area contributed by atoms with Crippen LogP contribution in [-0.4, -0.2) is 71.0 Å². The molecule has 0 radical (unpaired) electrons. The topological polar surface area (TPSA) is 119 Å². The molecule has 2 atom stereocenters. The van der Waals surface area contributed by atoms with E-state index < -0.39 is 25.9 Å². The Morgan fingerprint density at radius 1 is 1.34 bits per heavy atom. The molecule has 2 saturated heterocycles. The highest BCUT2D eigenvalue weighted by atomic mass is 32.2. The maximum Gasteiger partial charge on any atom is 0.247 e. The summed E-state index contributed by atoms with van der Waals surface area (Å²) < 4.78 is 63.4. The van der Waals surface area contributed by atoms with Crippen molar-refractivity contribution >= 4 is 31.5 Å². The summed E-state index contributed by atoms with van der Waals surface area (Å²) in [6.45, 7) is 1.96. The van der Waals surface area contributed by atoms with Gasteiger partial charge in [-0.25, -0.2) is 16.8 Å². The van der Waals surface area contributed by atoms with Crippen LogP contribution in [0.4, 0.5) is 5.69 Å². The van der Waals surface area contributed by atoms with Crippen molar-refractivity contribution in [2.75, 3.05) is 37.1 Å². The lowest BCUT2D eigenvalue weighted by atomic mass is 10.2. The number of hydrogen-bond donors (Lipinski definition) is 1. The minimum absolute atomic E-state index is 0.0434. The van der Waals surface area contributed by atoms with Crippen molar-refractivity contribution < 1.29 is 31.1 Å². The lowest BCUT2D eigenvalue weighted by Gasteiger charge is -2.30. The minimum atomic E-state index is -4.11. The van der Waals surface area contributed by atoms with Gasteiger partial charge in [-0.15, -0.1) is 0 Å². The van der Waals surface area contributed by atoms with Crippen molar-refractivity contribution in [1.82, 2.24) is 4.31 Å². The number of nitrogens with one attached hydrogen (secondary N) is 1. The monoisotopic (exact) mass is 446 g/mol. The van der Waals surface area contributed by atoms with Gasteiger partial charge in [0.1, 0.15) is 10.6 Å². The third-order valence-electron chi connectivity index (χ3n) is 5.09. The zero-order valence-corrected chi connectivity index (χ0v) is 18.1. The number of benzene rings is 1. The second-order valence-electron chi connectivity index (χ2n) is 7.31. The number of sulfonamides is 1. The van der Waals surface area contributed by atoms with Crippen LogP contribution in [0.1, 0.15) is 26.2 Å². The Kier molecular flexibility index (Phi) is 6.51. The molecule has 0 bridgehead atoms. The Hall–Kier alpha value is -1.69. The first-order chi connectivity index (χ1) is 13.6. The van der Waals surface area contributed by atoms with Crippen LogP contribution in [0.5, 0.6) is 5.75 Å².